The number of phosphoric acid groups is 1. The van der Waals surface area contributed by atoms with Crippen molar-refractivity contribution in [2.75, 3.05) is 52.5 Å². The quantitative estimate of drug-likeness (QED) is 0.449. The molecule has 0 saturated carbocycles. The van der Waals surface area contributed by atoms with Gasteiger partial charge in [-0.15, -0.1) is 0 Å². The molecule has 0 bridgehead atoms. The van der Waals surface area contributed by atoms with Crippen LogP contribution in [-0.2, 0) is 18.1 Å². The van der Waals surface area contributed by atoms with Crippen LogP contribution in [0.2, 0.25) is 0 Å². The Balaban J connectivity index is 1.59. The molecule has 0 aromatic carbocycles. The second-order valence-electron chi connectivity index (χ2n) is 8.87. The average molecular weight is 391 g/mol. The van der Waals surface area contributed by atoms with Gasteiger partial charge in [0.1, 0.15) is 0 Å². The lowest BCUT2D eigenvalue weighted by atomic mass is 9.80. The van der Waals surface area contributed by atoms with Crippen LogP contribution in [0.4, 0.5) is 0 Å². The highest BCUT2D eigenvalue weighted by atomic mass is 31.2. The van der Waals surface area contributed by atoms with Crippen LogP contribution in [0.5, 0.6) is 0 Å². The molecular weight excluding hydrogens is 357 g/mol. The fourth-order valence-corrected chi connectivity index (χ4v) is 5.01. The van der Waals surface area contributed by atoms with Crippen LogP contribution in [0.1, 0.15) is 40.5 Å². The van der Waals surface area contributed by atoms with Gasteiger partial charge < -0.3 is 5.21 Å². The Morgan fingerprint density at radius 2 is 1.35 bits per heavy atom. The summed E-state index contributed by atoms with van der Waals surface area (Å²) in [6.07, 6.45) is 0.820. The molecule has 9 heteroatoms. The Morgan fingerprint density at radius 1 is 0.923 bits per heavy atom. The standard InChI is InChI=1S/C17H34N3O5P/c1-16(2)13-15(14-17(3,4)20(16)21)25-26(22,23-11-9-18-5-6-18)24-12-10-19-7-8-19/h15,21H,5-14H2,1-4H3. The first-order chi connectivity index (χ1) is 12.1. The van der Waals surface area contributed by atoms with Crippen molar-refractivity contribution in [3.05, 3.63) is 0 Å². The zero-order chi connectivity index (χ0) is 19.0. The summed E-state index contributed by atoms with van der Waals surface area (Å²) in [6, 6.07) is 0. The van der Waals surface area contributed by atoms with Crippen molar-refractivity contribution in [2.45, 2.75) is 57.7 Å². The molecule has 3 rings (SSSR count). The lowest BCUT2D eigenvalue weighted by molar-refractivity contribution is -0.256. The summed E-state index contributed by atoms with van der Waals surface area (Å²) < 4.78 is 30.4. The predicted octanol–water partition coefficient (Wildman–Crippen LogP) is 2.19. The van der Waals surface area contributed by atoms with Gasteiger partial charge in [0.2, 0.25) is 0 Å². The fraction of sp³-hybridized carbons (Fsp3) is 1.00. The number of hydrogen-bond donors (Lipinski definition) is 1. The van der Waals surface area contributed by atoms with E-state index in [4.69, 9.17) is 13.6 Å². The van der Waals surface area contributed by atoms with Crippen LogP contribution in [0.15, 0.2) is 0 Å². The van der Waals surface area contributed by atoms with Crippen LogP contribution < -0.4 is 0 Å². The zero-order valence-electron chi connectivity index (χ0n) is 16.5. The Kier molecular flexibility index (Phi) is 6.17. The van der Waals surface area contributed by atoms with E-state index < -0.39 is 18.9 Å². The van der Waals surface area contributed by atoms with E-state index in [-0.39, 0.29) is 6.10 Å². The molecule has 0 atom stereocenters. The van der Waals surface area contributed by atoms with Gasteiger partial charge in [-0.1, -0.05) is 0 Å². The Morgan fingerprint density at radius 3 is 1.73 bits per heavy atom. The molecule has 152 valence electrons. The molecule has 3 heterocycles. The summed E-state index contributed by atoms with van der Waals surface area (Å²) in [7, 11) is -3.63. The van der Waals surface area contributed by atoms with Gasteiger partial charge in [0.25, 0.3) is 0 Å². The predicted molar refractivity (Wildman–Crippen MR) is 98.3 cm³/mol. The summed E-state index contributed by atoms with van der Waals surface area (Å²) in [5, 5.41) is 11.8. The lowest BCUT2D eigenvalue weighted by Crippen LogP contribution is -2.60. The van der Waals surface area contributed by atoms with E-state index in [2.05, 4.69) is 9.80 Å². The molecule has 0 aromatic rings. The third-order valence-electron chi connectivity index (χ3n) is 5.27. The minimum atomic E-state index is -3.63. The second kappa shape index (κ2) is 7.76. The van der Waals surface area contributed by atoms with Crippen molar-refractivity contribution < 1.29 is 23.3 Å². The number of nitrogens with zero attached hydrogens (tertiary/aromatic N) is 3. The molecule has 0 radical (unpaired) electrons. The van der Waals surface area contributed by atoms with Crippen molar-refractivity contribution in [2.24, 2.45) is 0 Å². The molecule has 0 unspecified atom stereocenters. The van der Waals surface area contributed by atoms with Gasteiger partial charge >= 0.3 is 7.82 Å². The zero-order valence-corrected chi connectivity index (χ0v) is 17.4. The molecule has 3 aliphatic rings. The topological polar surface area (TPSA) is 74.2 Å². The van der Waals surface area contributed by atoms with Crippen molar-refractivity contribution in [1.82, 2.24) is 14.9 Å². The molecule has 26 heavy (non-hydrogen) atoms. The van der Waals surface area contributed by atoms with Crippen LogP contribution >= 0.6 is 7.82 Å². The van der Waals surface area contributed by atoms with E-state index in [1.807, 2.05) is 27.7 Å². The monoisotopic (exact) mass is 391 g/mol. The molecule has 0 spiro atoms. The molecule has 8 nitrogen and oxygen atoms in total. The van der Waals surface area contributed by atoms with E-state index in [9.17, 15) is 9.77 Å². The van der Waals surface area contributed by atoms with Crippen LogP contribution in [-0.4, -0.2) is 89.7 Å². The molecule has 0 aromatic heterocycles. The Hall–Kier alpha value is -0.0500. The summed E-state index contributed by atoms with van der Waals surface area (Å²) in [5.74, 6) is 0. The SMILES string of the molecule is CC1(C)CC(OP(=O)(OCCN2CC2)OCCN2CC2)CC(C)(C)N1O. The number of hydrogen-bond acceptors (Lipinski definition) is 8. The van der Waals surface area contributed by atoms with Crippen molar-refractivity contribution >= 4 is 7.82 Å². The maximum atomic E-state index is 13.2. The van der Waals surface area contributed by atoms with Gasteiger partial charge in [-0.25, -0.2) is 4.57 Å². The molecule has 0 aliphatic carbocycles. The number of hydroxylamine groups is 2. The summed E-state index contributed by atoms with van der Waals surface area (Å²) >= 11 is 0. The smallest absolute Gasteiger partial charge is 0.313 e. The van der Waals surface area contributed by atoms with E-state index >= 15 is 0 Å². The lowest BCUT2D eigenvalue weighted by Gasteiger charge is -2.51. The number of phosphoric ester groups is 1. The van der Waals surface area contributed by atoms with Crippen molar-refractivity contribution in [1.29, 1.82) is 0 Å². The Labute approximate surface area is 156 Å². The molecule has 3 saturated heterocycles. The number of rotatable bonds is 10. The third kappa shape index (κ3) is 5.72. The first-order valence-corrected chi connectivity index (χ1v) is 11.1. The van der Waals surface area contributed by atoms with E-state index in [1.165, 1.54) is 5.06 Å². The first kappa shape index (κ1) is 20.7. The molecule has 1 N–H and O–H groups in total. The van der Waals surface area contributed by atoms with Crippen LogP contribution in [0, 0.1) is 0 Å². The minimum Gasteiger partial charge on any atom is -0.313 e. The first-order valence-electron chi connectivity index (χ1n) is 9.61. The maximum Gasteiger partial charge on any atom is 0.475 e. The molecule has 0 amide bonds. The second-order valence-corrected chi connectivity index (χ2v) is 10.5. The summed E-state index contributed by atoms with van der Waals surface area (Å²) in [5.41, 5.74) is -0.951. The van der Waals surface area contributed by atoms with Crippen LogP contribution in [0.3, 0.4) is 0 Å². The Bertz CT molecular complexity index is 496. The van der Waals surface area contributed by atoms with Gasteiger partial charge in [0, 0.05) is 50.3 Å². The third-order valence-corrected chi connectivity index (χ3v) is 6.83. The summed E-state index contributed by atoms with van der Waals surface area (Å²) in [6.45, 7) is 14.3. The van der Waals surface area contributed by atoms with E-state index in [1.54, 1.807) is 0 Å². The van der Waals surface area contributed by atoms with Gasteiger partial charge in [-0.2, -0.15) is 5.06 Å². The number of piperidine rings is 1. The van der Waals surface area contributed by atoms with E-state index in [0.29, 0.717) is 26.1 Å². The summed E-state index contributed by atoms with van der Waals surface area (Å²) in [4.78, 5) is 4.41. The molecule has 3 fully saturated rings. The van der Waals surface area contributed by atoms with Gasteiger partial charge in [0.05, 0.1) is 19.3 Å². The largest absolute Gasteiger partial charge is 0.475 e. The molecule has 3 aliphatic heterocycles. The highest BCUT2D eigenvalue weighted by molar-refractivity contribution is 7.48. The molecular formula is C17H34N3O5P. The highest BCUT2D eigenvalue weighted by Gasteiger charge is 2.47. The van der Waals surface area contributed by atoms with Crippen molar-refractivity contribution in [3.63, 3.8) is 0 Å². The van der Waals surface area contributed by atoms with Gasteiger partial charge in [0.15, 0.2) is 0 Å². The normalized spacial score (nSPS) is 27.0. The van der Waals surface area contributed by atoms with Crippen LogP contribution in [0.25, 0.3) is 0 Å². The minimum absolute atomic E-state index is 0.295. The maximum absolute atomic E-state index is 13.2. The highest BCUT2D eigenvalue weighted by Crippen LogP contribution is 2.53. The van der Waals surface area contributed by atoms with Crippen molar-refractivity contribution in [3.8, 4) is 0 Å². The van der Waals surface area contributed by atoms with Gasteiger partial charge in [-0.3, -0.25) is 23.4 Å². The van der Waals surface area contributed by atoms with E-state index in [0.717, 1.165) is 39.3 Å². The average Bonchev–Trinajstić information content (AvgIpc) is 3.38. The van der Waals surface area contributed by atoms with Gasteiger partial charge in [-0.05, 0) is 40.5 Å². The fourth-order valence-electron chi connectivity index (χ4n) is 3.69.